The standard InChI is InChI=1S/C25H28N2O5S/c1-16-6-11-21(12-7-16)33(29,30)27-23-14-19(9-8-17(23)2)25(28)26-18(3)22-15-20(31-4)10-13-24(22)32-5/h6-15,18,27H,1-5H3,(H,26,28)/t18-/m1/s1. The van der Waals surface area contributed by atoms with Gasteiger partial charge in [0.25, 0.3) is 15.9 Å². The van der Waals surface area contributed by atoms with Gasteiger partial charge in [-0.25, -0.2) is 8.42 Å². The van der Waals surface area contributed by atoms with E-state index < -0.39 is 10.0 Å². The van der Waals surface area contributed by atoms with Gasteiger partial charge in [0, 0.05) is 11.1 Å². The number of carbonyl (C=O) groups is 1. The van der Waals surface area contributed by atoms with E-state index in [0.717, 1.165) is 11.1 Å². The van der Waals surface area contributed by atoms with Gasteiger partial charge in [0.05, 0.1) is 30.8 Å². The Morgan fingerprint density at radius 3 is 2.24 bits per heavy atom. The maximum atomic E-state index is 13.0. The summed E-state index contributed by atoms with van der Waals surface area (Å²) in [4.78, 5) is 13.1. The van der Waals surface area contributed by atoms with Crippen LogP contribution in [0, 0.1) is 13.8 Å². The van der Waals surface area contributed by atoms with Crippen molar-refractivity contribution in [3.63, 3.8) is 0 Å². The second-order valence-electron chi connectivity index (χ2n) is 7.75. The Kier molecular flexibility index (Phi) is 7.28. The van der Waals surface area contributed by atoms with Crippen LogP contribution in [0.5, 0.6) is 11.5 Å². The SMILES string of the molecule is COc1ccc(OC)c([C@@H](C)NC(=O)c2ccc(C)c(NS(=O)(=O)c3ccc(C)cc3)c2)c1. The molecule has 0 aliphatic carbocycles. The molecule has 0 aliphatic rings. The van der Waals surface area contributed by atoms with Crippen LogP contribution in [0.4, 0.5) is 5.69 Å². The Morgan fingerprint density at radius 2 is 1.61 bits per heavy atom. The second-order valence-corrected chi connectivity index (χ2v) is 9.43. The van der Waals surface area contributed by atoms with Crippen LogP contribution in [0.25, 0.3) is 0 Å². The summed E-state index contributed by atoms with van der Waals surface area (Å²) >= 11 is 0. The predicted molar refractivity (Wildman–Crippen MR) is 129 cm³/mol. The Labute approximate surface area is 194 Å². The molecule has 0 unspecified atom stereocenters. The maximum absolute atomic E-state index is 13.0. The van der Waals surface area contributed by atoms with Crippen molar-refractivity contribution in [1.29, 1.82) is 0 Å². The number of aryl methyl sites for hydroxylation is 2. The average Bonchev–Trinajstić information content (AvgIpc) is 2.80. The summed E-state index contributed by atoms with van der Waals surface area (Å²) in [5.41, 5.74) is 3.10. The van der Waals surface area contributed by atoms with Crippen LogP contribution in [0.3, 0.4) is 0 Å². The number of benzene rings is 3. The molecule has 0 saturated heterocycles. The van der Waals surface area contributed by atoms with Crippen molar-refractivity contribution < 1.29 is 22.7 Å². The third-order valence-electron chi connectivity index (χ3n) is 5.33. The molecule has 0 bridgehead atoms. The topological polar surface area (TPSA) is 93.7 Å². The second kappa shape index (κ2) is 9.95. The van der Waals surface area contributed by atoms with Crippen LogP contribution in [0.1, 0.15) is 40.0 Å². The third-order valence-corrected chi connectivity index (χ3v) is 6.71. The summed E-state index contributed by atoms with van der Waals surface area (Å²) in [6.45, 7) is 5.50. The number of hydrogen-bond donors (Lipinski definition) is 2. The average molecular weight is 469 g/mol. The van der Waals surface area contributed by atoms with Crippen molar-refractivity contribution in [2.45, 2.75) is 31.7 Å². The van der Waals surface area contributed by atoms with Crippen LogP contribution >= 0.6 is 0 Å². The van der Waals surface area contributed by atoms with E-state index in [1.165, 1.54) is 6.07 Å². The van der Waals surface area contributed by atoms with Crippen molar-refractivity contribution in [3.05, 3.63) is 82.9 Å². The highest BCUT2D eigenvalue weighted by molar-refractivity contribution is 7.92. The molecule has 0 aliphatic heterocycles. The van der Waals surface area contributed by atoms with Crippen molar-refractivity contribution in [3.8, 4) is 11.5 Å². The molecule has 3 aromatic rings. The van der Waals surface area contributed by atoms with Gasteiger partial charge < -0.3 is 14.8 Å². The highest BCUT2D eigenvalue weighted by Crippen LogP contribution is 2.29. The van der Waals surface area contributed by atoms with E-state index in [0.29, 0.717) is 28.3 Å². The number of hydrogen-bond acceptors (Lipinski definition) is 5. The number of ether oxygens (including phenoxy) is 2. The van der Waals surface area contributed by atoms with Crippen molar-refractivity contribution in [2.24, 2.45) is 0 Å². The zero-order chi connectivity index (χ0) is 24.2. The Bertz CT molecular complexity index is 1250. The van der Waals surface area contributed by atoms with Gasteiger partial charge in [0.15, 0.2) is 0 Å². The van der Waals surface area contributed by atoms with Crippen molar-refractivity contribution >= 4 is 21.6 Å². The fourth-order valence-corrected chi connectivity index (χ4v) is 4.45. The molecular weight excluding hydrogens is 440 g/mol. The largest absolute Gasteiger partial charge is 0.497 e. The first-order valence-corrected chi connectivity index (χ1v) is 11.9. The van der Waals surface area contributed by atoms with Crippen LogP contribution in [-0.4, -0.2) is 28.5 Å². The molecule has 1 amide bonds. The van der Waals surface area contributed by atoms with Gasteiger partial charge in [0.1, 0.15) is 11.5 Å². The van der Waals surface area contributed by atoms with Gasteiger partial charge in [-0.05, 0) is 68.8 Å². The van der Waals surface area contributed by atoms with Crippen molar-refractivity contribution in [2.75, 3.05) is 18.9 Å². The van der Waals surface area contributed by atoms with Gasteiger partial charge in [-0.1, -0.05) is 23.8 Å². The van der Waals surface area contributed by atoms with E-state index in [4.69, 9.17) is 9.47 Å². The molecule has 0 aromatic heterocycles. The number of methoxy groups -OCH3 is 2. The quantitative estimate of drug-likeness (QED) is 0.503. The van der Waals surface area contributed by atoms with Gasteiger partial charge in [-0.2, -0.15) is 0 Å². The van der Waals surface area contributed by atoms with Crippen molar-refractivity contribution in [1.82, 2.24) is 5.32 Å². The zero-order valence-corrected chi connectivity index (χ0v) is 20.1. The minimum atomic E-state index is -3.79. The van der Waals surface area contributed by atoms with Crippen LogP contribution in [0.15, 0.2) is 65.6 Å². The lowest BCUT2D eigenvalue weighted by molar-refractivity contribution is 0.0939. The third kappa shape index (κ3) is 5.64. The lowest BCUT2D eigenvalue weighted by atomic mass is 10.1. The monoisotopic (exact) mass is 468 g/mol. The molecule has 2 N–H and O–H groups in total. The number of sulfonamides is 1. The summed E-state index contributed by atoms with van der Waals surface area (Å²) < 4.78 is 38.9. The summed E-state index contributed by atoms with van der Waals surface area (Å²) in [7, 11) is -0.658. The molecule has 0 heterocycles. The minimum Gasteiger partial charge on any atom is -0.497 e. The van der Waals surface area contributed by atoms with Crippen LogP contribution < -0.4 is 19.5 Å². The molecule has 3 rings (SSSR count). The van der Waals surface area contributed by atoms with E-state index in [9.17, 15) is 13.2 Å². The highest BCUT2D eigenvalue weighted by Gasteiger charge is 2.19. The fraction of sp³-hybridized carbons (Fsp3) is 0.240. The summed E-state index contributed by atoms with van der Waals surface area (Å²) in [5, 5.41) is 2.93. The van der Waals surface area contributed by atoms with E-state index in [1.54, 1.807) is 75.7 Å². The first-order valence-electron chi connectivity index (χ1n) is 10.4. The first-order chi connectivity index (χ1) is 15.6. The fourth-order valence-electron chi connectivity index (χ4n) is 3.33. The number of nitrogens with one attached hydrogen (secondary N) is 2. The summed E-state index contributed by atoms with van der Waals surface area (Å²) in [6.07, 6.45) is 0. The molecule has 174 valence electrons. The lowest BCUT2D eigenvalue weighted by Gasteiger charge is -2.19. The summed E-state index contributed by atoms with van der Waals surface area (Å²) in [6, 6.07) is 16.5. The van der Waals surface area contributed by atoms with E-state index in [2.05, 4.69) is 10.0 Å². The van der Waals surface area contributed by atoms with Gasteiger partial charge in [-0.3, -0.25) is 9.52 Å². The molecule has 0 fully saturated rings. The molecule has 3 aromatic carbocycles. The Balaban J connectivity index is 1.83. The zero-order valence-electron chi connectivity index (χ0n) is 19.3. The molecule has 1 atom stereocenters. The number of amides is 1. The number of anilines is 1. The normalized spacial score (nSPS) is 12.0. The lowest BCUT2D eigenvalue weighted by Crippen LogP contribution is -2.27. The van der Waals surface area contributed by atoms with E-state index in [-0.39, 0.29) is 16.8 Å². The summed E-state index contributed by atoms with van der Waals surface area (Å²) in [5.74, 6) is 0.928. The predicted octanol–water partition coefficient (Wildman–Crippen LogP) is 4.61. The molecule has 8 heteroatoms. The Hall–Kier alpha value is -3.52. The molecule has 33 heavy (non-hydrogen) atoms. The number of carbonyl (C=O) groups excluding carboxylic acids is 1. The molecule has 0 radical (unpaired) electrons. The minimum absolute atomic E-state index is 0.154. The van der Waals surface area contributed by atoms with Crippen LogP contribution in [0.2, 0.25) is 0 Å². The van der Waals surface area contributed by atoms with E-state index >= 15 is 0 Å². The van der Waals surface area contributed by atoms with E-state index in [1.807, 2.05) is 13.8 Å². The molecule has 0 spiro atoms. The molecule has 7 nitrogen and oxygen atoms in total. The number of rotatable bonds is 8. The smallest absolute Gasteiger partial charge is 0.261 e. The molecule has 0 saturated carbocycles. The van der Waals surface area contributed by atoms with Gasteiger partial charge in [0.2, 0.25) is 0 Å². The van der Waals surface area contributed by atoms with Crippen LogP contribution in [-0.2, 0) is 10.0 Å². The highest BCUT2D eigenvalue weighted by atomic mass is 32.2. The molecular formula is C25H28N2O5S. The maximum Gasteiger partial charge on any atom is 0.261 e. The van der Waals surface area contributed by atoms with Gasteiger partial charge in [-0.15, -0.1) is 0 Å². The Morgan fingerprint density at radius 1 is 0.909 bits per heavy atom. The van der Waals surface area contributed by atoms with Gasteiger partial charge >= 0.3 is 0 Å². The first kappa shape index (κ1) is 24.1.